The smallest absolute Gasteiger partial charge is 0.239 e. The topological polar surface area (TPSA) is 76.1 Å². The van der Waals surface area contributed by atoms with E-state index in [4.69, 9.17) is 4.74 Å². The minimum atomic E-state index is -0.240. The van der Waals surface area contributed by atoms with Crippen LogP contribution in [-0.4, -0.2) is 34.1 Å². The summed E-state index contributed by atoms with van der Waals surface area (Å²) in [5.74, 6) is 0.968. The van der Waals surface area contributed by atoms with Crippen LogP contribution in [0, 0.1) is 0 Å². The molecule has 19 heavy (non-hydrogen) atoms. The number of rotatable bonds is 5. The average molecular weight is 266 g/mol. The SMILES string of the molecule is CC(C)Oc1cc(NCC(=O)NC(C)(C)C)ncn1. The third kappa shape index (κ3) is 6.59. The van der Waals surface area contributed by atoms with Gasteiger partial charge in [-0.05, 0) is 34.6 Å². The first-order valence-corrected chi connectivity index (χ1v) is 6.30. The van der Waals surface area contributed by atoms with Crippen molar-refractivity contribution in [3.8, 4) is 5.88 Å². The van der Waals surface area contributed by atoms with E-state index in [9.17, 15) is 4.79 Å². The zero-order valence-electron chi connectivity index (χ0n) is 12.2. The molecule has 1 aromatic rings. The molecule has 0 saturated carbocycles. The van der Waals surface area contributed by atoms with E-state index in [0.29, 0.717) is 11.7 Å². The third-order valence-electron chi connectivity index (χ3n) is 1.94. The Hall–Kier alpha value is -1.85. The van der Waals surface area contributed by atoms with Crippen LogP contribution in [0.25, 0.3) is 0 Å². The highest BCUT2D eigenvalue weighted by atomic mass is 16.5. The van der Waals surface area contributed by atoms with E-state index >= 15 is 0 Å². The quantitative estimate of drug-likeness (QED) is 0.846. The second-order valence-electron chi connectivity index (χ2n) is 5.56. The summed E-state index contributed by atoms with van der Waals surface area (Å²) in [6, 6.07) is 1.67. The Balaban J connectivity index is 2.51. The van der Waals surface area contributed by atoms with Gasteiger partial charge in [-0.15, -0.1) is 0 Å². The minimum absolute atomic E-state index is 0.0481. The summed E-state index contributed by atoms with van der Waals surface area (Å²) >= 11 is 0. The number of nitrogens with zero attached hydrogens (tertiary/aromatic N) is 2. The van der Waals surface area contributed by atoms with Gasteiger partial charge >= 0.3 is 0 Å². The Morgan fingerprint density at radius 3 is 2.63 bits per heavy atom. The molecule has 0 radical (unpaired) electrons. The molecule has 0 spiro atoms. The molecule has 0 atom stereocenters. The maximum Gasteiger partial charge on any atom is 0.239 e. The molecule has 2 N–H and O–H groups in total. The number of carbonyl (C=O) groups is 1. The standard InChI is InChI=1S/C13H22N4O2/c1-9(2)19-12-6-10(15-8-16-12)14-7-11(18)17-13(3,4)5/h6,8-9H,7H2,1-5H3,(H,17,18)(H,14,15,16). The van der Waals surface area contributed by atoms with Crippen LogP contribution in [0.4, 0.5) is 5.82 Å². The van der Waals surface area contributed by atoms with Gasteiger partial charge in [0.1, 0.15) is 12.1 Å². The fourth-order valence-electron chi connectivity index (χ4n) is 1.38. The summed E-state index contributed by atoms with van der Waals surface area (Å²) in [5.41, 5.74) is -0.240. The van der Waals surface area contributed by atoms with Gasteiger partial charge in [0.05, 0.1) is 12.6 Å². The second-order valence-corrected chi connectivity index (χ2v) is 5.56. The lowest BCUT2D eigenvalue weighted by atomic mass is 10.1. The van der Waals surface area contributed by atoms with Crippen molar-refractivity contribution in [2.24, 2.45) is 0 Å². The predicted molar refractivity (Wildman–Crippen MR) is 74.2 cm³/mol. The van der Waals surface area contributed by atoms with Crippen LogP contribution in [0.15, 0.2) is 12.4 Å². The van der Waals surface area contributed by atoms with Crippen molar-refractivity contribution in [3.05, 3.63) is 12.4 Å². The van der Waals surface area contributed by atoms with Crippen LogP contribution in [-0.2, 0) is 4.79 Å². The Labute approximate surface area is 114 Å². The van der Waals surface area contributed by atoms with Gasteiger partial charge in [0.15, 0.2) is 0 Å². The molecule has 0 saturated heterocycles. The summed E-state index contributed by atoms with van der Waals surface area (Å²) in [4.78, 5) is 19.7. The molecule has 6 nitrogen and oxygen atoms in total. The van der Waals surface area contributed by atoms with E-state index in [-0.39, 0.29) is 24.1 Å². The minimum Gasteiger partial charge on any atom is -0.475 e. The number of carbonyl (C=O) groups excluding carboxylic acids is 1. The average Bonchev–Trinajstić information content (AvgIpc) is 2.23. The summed E-state index contributed by atoms with van der Waals surface area (Å²) in [6.07, 6.45) is 1.45. The predicted octanol–water partition coefficient (Wildman–Crippen LogP) is 1.59. The van der Waals surface area contributed by atoms with Crippen molar-refractivity contribution < 1.29 is 9.53 Å². The van der Waals surface area contributed by atoms with Gasteiger partial charge in [-0.3, -0.25) is 4.79 Å². The first-order chi connectivity index (χ1) is 8.76. The maximum atomic E-state index is 11.6. The highest BCUT2D eigenvalue weighted by Crippen LogP contribution is 2.12. The first kappa shape index (κ1) is 15.2. The van der Waals surface area contributed by atoms with Gasteiger partial charge in [-0.1, -0.05) is 0 Å². The molecule has 1 heterocycles. The lowest BCUT2D eigenvalue weighted by Crippen LogP contribution is -2.43. The van der Waals surface area contributed by atoms with Gasteiger partial charge in [0, 0.05) is 11.6 Å². The van der Waals surface area contributed by atoms with Crippen LogP contribution in [0.5, 0.6) is 5.88 Å². The molecule has 0 bridgehead atoms. The number of ether oxygens (including phenoxy) is 1. The van der Waals surface area contributed by atoms with Gasteiger partial charge in [0.25, 0.3) is 0 Å². The molecular formula is C13H22N4O2. The van der Waals surface area contributed by atoms with Crippen molar-refractivity contribution in [3.63, 3.8) is 0 Å². The van der Waals surface area contributed by atoms with E-state index in [2.05, 4.69) is 20.6 Å². The van der Waals surface area contributed by atoms with Crippen LogP contribution >= 0.6 is 0 Å². The Bertz CT molecular complexity index is 427. The van der Waals surface area contributed by atoms with Gasteiger partial charge in [0.2, 0.25) is 11.8 Å². The highest BCUT2D eigenvalue weighted by molar-refractivity contribution is 5.81. The summed E-state index contributed by atoms with van der Waals surface area (Å²) in [5, 5.41) is 5.80. The Kier molecular flexibility index (Phi) is 5.09. The largest absolute Gasteiger partial charge is 0.475 e. The van der Waals surface area contributed by atoms with Gasteiger partial charge < -0.3 is 15.4 Å². The summed E-state index contributed by atoms with van der Waals surface area (Å²) in [7, 11) is 0. The number of anilines is 1. The molecule has 1 rings (SSSR count). The molecule has 0 aromatic carbocycles. The van der Waals surface area contributed by atoms with Crippen molar-refractivity contribution in [2.45, 2.75) is 46.3 Å². The lowest BCUT2D eigenvalue weighted by Gasteiger charge is -2.20. The number of hydrogen-bond donors (Lipinski definition) is 2. The molecule has 0 fully saturated rings. The molecule has 1 amide bonds. The monoisotopic (exact) mass is 266 g/mol. The molecule has 106 valence electrons. The van der Waals surface area contributed by atoms with Crippen molar-refractivity contribution >= 4 is 11.7 Å². The van der Waals surface area contributed by atoms with Crippen LogP contribution < -0.4 is 15.4 Å². The Morgan fingerprint density at radius 1 is 1.37 bits per heavy atom. The highest BCUT2D eigenvalue weighted by Gasteiger charge is 2.13. The van der Waals surface area contributed by atoms with E-state index in [0.717, 1.165) is 0 Å². The van der Waals surface area contributed by atoms with E-state index in [1.54, 1.807) is 6.07 Å². The normalized spacial score (nSPS) is 11.3. The summed E-state index contributed by atoms with van der Waals surface area (Å²) in [6.45, 7) is 9.81. The van der Waals surface area contributed by atoms with E-state index in [1.165, 1.54) is 6.33 Å². The molecule has 0 unspecified atom stereocenters. The molecule has 0 aliphatic rings. The van der Waals surface area contributed by atoms with E-state index < -0.39 is 0 Å². The molecule has 0 aliphatic heterocycles. The fourth-order valence-corrected chi connectivity index (χ4v) is 1.38. The molecular weight excluding hydrogens is 244 g/mol. The third-order valence-corrected chi connectivity index (χ3v) is 1.94. The fraction of sp³-hybridized carbons (Fsp3) is 0.615. The van der Waals surface area contributed by atoms with Crippen LogP contribution in [0.2, 0.25) is 0 Å². The Morgan fingerprint density at radius 2 is 2.05 bits per heavy atom. The zero-order valence-corrected chi connectivity index (χ0v) is 12.2. The summed E-state index contributed by atoms with van der Waals surface area (Å²) < 4.78 is 5.45. The zero-order chi connectivity index (χ0) is 14.5. The number of hydrogen-bond acceptors (Lipinski definition) is 5. The number of nitrogens with one attached hydrogen (secondary N) is 2. The lowest BCUT2D eigenvalue weighted by molar-refractivity contribution is -0.120. The van der Waals surface area contributed by atoms with Gasteiger partial charge in [-0.2, -0.15) is 0 Å². The van der Waals surface area contributed by atoms with Crippen molar-refractivity contribution in [2.75, 3.05) is 11.9 Å². The van der Waals surface area contributed by atoms with Crippen molar-refractivity contribution in [1.82, 2.24) is 15.3 Å². The molecule has 6 heteroatoms. The van der Waals surface area contributed by atoms with Gasteiger partial charge in [-0.25, -0.2) is 9.97 Å². The molecule has 0 aliphatic carbocycles. The maximum absolute atomic E-state index is 11.6. The van der Waals surface area contributed by atoms with Crippen LogP contribution in [0.1, 0.15) is 34.6 Å². The van der Waals surface area contributed by atoms with Crippen molar-refractivity contribution in [1.29, 1.82) is 0 Å². The van der Waals surface area contributed by atoms with E-state index in [1.807, 2.05) is 34.6 Å². The molecule has 1 aromatic heterocycles. The second kappa shape index (κ2) is 6.36. The number of amides is 1. The first-order valence-electron chi connectivity index (χ1n) is 6.30. The number of aromatic nitrogens is 2. The van der Waals surface area contributed by atoms with Crippen LogP contribution in [0.3, 0.4) is 0 Å².